The van der Waals surface area contributed by atoms with Gasteiger partial charge < -0.3 is 9.47 Å². The van der Waals surface area contributed by atoms with E-state index in [0.29, 0.717) is 18.1 Å². The molecule has 0 aliphatic heterocycles. The van der Waals surface area contributed by atoms with Crippen LogP contribution in [0.1, 0.15) is 18.1 Å². The summed E-state index contributed by atoms with van der Waals surface area (Å²) < 4.78 is 11.7. The molecule has 0 fully saturated rings. The number of hydrazone groups is 1. The minimum absolute atomic E-state index is 0.175. The molecule has 5 nitrogen and oxygen atoms in total. The van der Waals surface area contributed by atoms with E-state index in [-0.39, 0.29) is 12.3 Å². The number of nitrogens with zero attached hydrogens (tertiary/aromatic N) is 1. The Kier molecular flexibility index (Phi) is 6.81. The van der Waals surface area contributed by atoms with Crippen LogP contribution in [0.5, 0.6) is 11.5 Å². The average Bonchev–Trinajstić information content (AvgIpc) is 2.58. The molecule has 0 aliphatic rings. The minimum atomic E-state index is -0.175. The highest BCUT2D eigenvalue weighted by molar-refractivity contribution is 9.10. The SMILES string of the molecule is CCOc1ccc(/C=N\NC(=O)Cc2ccc(Br)cc2)cc1OC. The highest BCUT2D eigenvalue weighted by Gasteiger charge is 2.05. The predicted molar refractivity (Wildman–Crippen MR) is 97.7 cm³/mol. The van der Waals surface area contributed by atoms with E-state index in [4.69, 9.17) is 9.47 Å². The van der Waals surface area contributed by atoms with Crippen LogP contribution in [0.2, 0.25) is 0 Å². The van der Waals surface area contributed by atoms with Crippen LogP contribution in [0.4, 0.5) is 0 Å². The quantitative estimate of drug-likeness (QED) is 0.580. The smallest absolute Gasteiger partial charge is 0.244 e. The maximum Gasteiger partial charge on any atom is 0.244 e. The number of carbonyl (C=O) groups is 1. The molecule has 0 radical (unpaired) electrons. The van der Waals surface area contributed by atoms with Crippen molar-refractivity contribution >= 4 is 28.1 Å². The highest BCUT2D eigenvalue weighted by Crippen LogP contribution is 2.27. The molecule has 0 aromatic heterocycles. The zero-order valence-electron chi connectivity index (χ0n) is 13.6. The van der Waals surface area contributed by atoms with E-state index in [1.54, 1.807) is 19.4 Å². The Morgan fingerprint density at radius 1 is 1.21 bits per heavy atom. The van der Waals surface area contributed by atoms with E-state index >= 15 is 0 Å². The number of benzene rings is 2. The van der Waals surface area contributed by atoms with E-state index in [1.165, 1.54) is 0 Å². The van der Waals surface area contributed by atoms with E-state index in [2.05, 4.69) is 26.5 Å². The van der Waals surface area contributed by atoms with Gasteiger partial charge in [-0.1, -0.05) is 28.1 Å². The van der Waals surface area contributed by atoms with E-state index in [0.717, 1.165) is 15.6 Å². The van der Waals surface area contributed by atoms with Gasteiger partial charge in [0.1, 0.15) is 0 Å². The summed E-state index contributed by atoms with van der Waals surface area (Å²) >= 11 is 3.36. The fraction of sp³-hybridized carbons (Fsp3) is 0.222. The molecule has 1 amide bonds. The van der Waals surface area contributed by atoms with Crippen molar-refractivity contribution in [2.24, 2.45) is 5.10 Å². The lowest BCUT2D eigenvalue weighted by Crippen LogP contribution is -2.19. The zero-order chi connectivity index (χ0) is 17.4. The molecule has 1 N–H and O–H groups in total. The lowest BCUT2D eigenvalue weighted by Gasteiger charge is -2.09. The molecule has 0 unspecified atom stereocenters. The van der Waals surface area contributed by atoms with Gasteiger partial charge in [0.25, 0.3) is 0 Å². The number of rotatable bonds is 7. The second kappa shape index (κ2) is 9.08. The monoisotopic (exact) mass is 390 g/mol. The molecular formula is C18H19BrN2O3. The molecular weight excluding hydrogens is 372 g/mol. The van der Waals surface area contributed by atoms with Gasteiger partial charge in [0.2, 0.25) is 5.91 Å². The molecule has 2 aromatic rings. The van der Waals surface area contributed by atoms with Crippen molar-refractivity contribution in [2.45, 2.75) is 13.3 Å². The summed E-state index contributed by atoms with van der Waals surface area (Å²) in [6, 6.07) is 13.0. The first-order valence-electron chi connectivity index (χ1n) is 7.49. The van der Waals surface area contributed by atoms with Crippen LogP contribution in [-0.4, -0.2) is 25.8 Å². The van der Waals surface area contributed by atoms with Gasteiger partial charge in [-0.25, -0.2) is 5.43 Å². The Hall–Kier alpha value is -2.34. The summed E-state index contributed by atoms with van der Waals surface area (Å²) in [5.74, 6) is 1.13. The molecule has 0 atom stereocenters. The number of methoxy groups -OCH3 is 1. The summed E-state index contributed by atoms with van der Waals surface area (Å²) in [6.07, 6.45) is 1.84. The van der Waals surface area contributed by atoms with Crippen molar-refractivity contribution in [3.63, 3.8) is 0 Å². The summed E-state index contributed by atoms with van der Waals surface area (Å²) in [4.78, 5) is 11.9. The first-order chi connectivity index (χ1) is 11.6. The number of halogens is 1. The molecule has 2 rings (SSSR count). The van der Waals surface area contributed by atoms with Crippen molar-refractivity contribution in [3.05, 3.63) is 58.1 Å². The topological polar surface area (TPSA) is 59.9 Å². The van der Waals surface area contributed by atoms with E-state index in [9.17, 15) is 4.79 Å². The maximum atomic E-state index is 11.9. The Bertz CT molecular complexity index is 715. The average molecular weight is 391 g/mol. The molecule has 0 saturated carbocycles. The normalized spacial score (nSPS) is 10.6. The van der Waals surface area contributed by atoms with Gasteiger partial charge in [-0.05, 0) is 48.4 Å². The summed E-state index contributed by atoms with van der Waals surface area (Å²) in [5.41, 5.74) is 4.25. The largest absolute Gasteiger partial charge is 0.493 e. The lowest BCUT2D eigenvalue weighted by molar-refractivity contribution is -0.120. The fourth-order valence-corrected chi connectivity index (χ4v) is 2.31. The van der Waals surface area contributed by atoms with Crippen LogP contribution in [0, 0.1) is 0 Å². The van der Waals surface area contributed by atoms with Gasteiger partial charge >= 0.3 is 0 Å². The van der Waals surface area contributed by atoms with Crippen molar-refractivity contribution < 1.29 is 14.3 Å². The van der Waals surface area contributed by atoms with Crippen molar-refractivity contribution in [2.75, 3.05) is 13.7 Å². The third-order valence-corrected chi connectivity index (χ3v) is 3.70. The first-order valence-corrected chi connectivity index (χ1v) is 8.29. The molecule has 126 valence electrons. The summed E-state index contributed by atoms with van der Waals surface area (Å²) in [7, 11) is 1.58. The Morgan fingerprint density at radius 3 is 2.62 bits per heavy atom. The van der Waals surface area contributed by atoms with Gasteiger partial charge in [0.15, 0.2) is 11.5 Å². The molecule has 0 saturated heterocycles. The molecule has 6 heteroatoms. The van der Waals surface area contributed by atoms with Gasteiger partial charge in [0, 0.05) is 4.47 Å². The number of hydrogen-bond acceptors (Lipinski definition) is 4. The summed E-state index contributed by atoms with van der Waals surface area (Å²) in [5, 5.41) is 3.98. The van der Waals surface area contributed by atoms with Gasteiger partial charge in [-0.15, -0.1) is 0 Å². The minimum Gasteiger partial charge on any atom is -0.493 e. The molecule has 0 heterocycles. The van der Waals surface area contributed by atoms with Crippen LogP contribution < -0.4 is 14.9 Å². The third kappa shape index (κ3) is 5.38. The third-order valence-electron chi connectivity index (χ3n) is 3.17. The summed E-state index contributed by atoms with van der Waals surface area (Å²) in [6.45, 7) is 2.48. The van der Waals surface area contributed by atoms with Gasteiger partial charge in [-0.3, -0.25) is 4.79 Å². The first kappa shape index (κ1) is 18.0. The van der Waals surface area contributed by atoms with Crippen LogP contribution in [0.25, 0.3) is 0 Å². The number of hydrogen-bond donors (Lipinski definition) is 1. The van der Waals surface area contributed by atoms with Crippen LogP contribution in [-0.2, 0) is 11.2 Å². The highest BCUT2D eigenvalue weighted by atomic mass is 79.9. The van der Waals surface area contributed by atoms with Gasteiger partial charge in [-0.2, -0.15) is 5.10 Å². The molecule has 0 spiro atoms. The molecule has 2 aromatic carbocycles. The van der Waals surface area contributed by atoms with Crippen LogP contribution in [0.3, 0.4) is 0 Å². The molecule has 0 bridgehead atoms. The van der Waals surface area contributed by atoms with Crippen molar-refractivity contribution in [1.82, 2.24) is 5.43 Å². The van der Waals surface area contributed by atoms with Gasteiger partial charge in [0.05, 0.1) is 26.4 Å². The number of ether oxygens (including phenoxy) is 2. The van der Waals surface area contributed by atoms with E-state index in [1.807, 2.05) is 43.3 Å². The van der Waals surface area contributed by atoms with Crippen molar-refractivity contribution in [1.29, 1.82) is 0 Å². The maximum absolute atomic E-state index is 11.9. The van der Waals surface area contributed by atoms with Crippen LogP contribution in [0.15, 0.2) is 52.0 Å². The van der Waals surface area contributed by atoms with Crippen molar-refractivity contribution in [3.8, 4) is 11.5 Å². The Labute approximate surface area is 149 Å². The zero-order valence-corrected chi connectivity index (χ0v) is 15.2. The number of nitrogens with one attached hydrogen (secondary N) is 1. The Balaban J connectivity index is 1.93. The Morgan fingerprint density at radius 2 is 1.96 bits per heavy atom. The molecule has 24 heavy (non-hydrogen) atoms. The lowest BCUT2D eigenvalue weighted by atomic mass is 10.1. The standard InChI is InChI=1S/C18H19BrN2O3/c1-3-24-16-9-6-14(10-17(16)23-2)12-20-21-18(22)11-13-4-7-15(19)8-5-13/h4-10,12H,3,11H2,1-2H3,(H,21,22)/b20-12-. The predicted octanol–water partition coefficient (Wildman–Crippen LogP) is 3.55. The number of amides is 1. The van der Waals surface area contributed by atoms with E-state index < -0.39 is 0 Å². The second-order valence-corrected chi connectivity index (χ2v) is 5.86. The second-order valence-electron chi connectivity index (χ2n) is 4.94. The number of carbonyl (C=O) groups excluding carboxylic acids is 1. The molecule has 0 aliphatic carbocycles. The van der Waals surface area contributed by atoms with Crippen LogP contribution >= 0.6 is 15.9 Å². The fourth-order valence-electron chi connectivity index (χ4n) is 2.05.